The van der Waals surface area contributed by atoms with E-state index in [9.17, 15) is 9.59 Å². The van der Waals surface area contributed by atoms with Crippen molar-refractivity contribution in [3.63, 3.8) is 0 Å². The molecule has 0 amide bonds. The summed E-state index contributed by atoms with van der Waals surface area (Å²) in [6.07, 6.45) is 1.15. The number of carbonyl (C=O) groups is 2. The molecule has 0 aromatic heterocycles. The fraction of sp³-hybridized carbons (Fsp3) is 0. The third-order valence-electron chi connectivity index (χ3n) is 1.09. The molecule has 5 heteroatoms. The Kier molecular flexibility index (Phi) is 2.37. The largest absolute Gasteiger partial charge is 0.284 e. The Balaban J connectivity index is 3.22. The smallest absolute Gasteiger partial charge is 0.247 e. The number of Topliss-reactive ketones (excluding diaryl/α,β-unsaturated/α-hetero) is 2. The van der Waals surface area contributed by atoms with Crippen molar-refractivity contribution >= 4 is 46.4 Å². The van der Waals surface area contributed by atoms with Crippen LogP contribution in [0.3, 0.4) is 0 Å². The second kappa shape index (κ2) is 2.97. The predicted molar refractivity (Wildman–Crippen MR) is 42.7 cm³/mol. The van der Waals surface area contributed by atoms with Crippen LogP contribution >= 0.6 is 34.8 Å². The van der Waals surface area contributed by atoms with Gasteiger partial charge in [-0.15, -0.1) is 0 Å². The van der Waals surface area contributed by atoms with E-state index in [1.54, 1.807) is 0 Å². The molecule has 0 saturated carbocycles. The number of halogens is 3. The molecule has 0 aromatic carbocycles. The molecule has 1 rings (SSSR count). The molecule has 0 heterocycles. The van der Waals surface area contributed by atoms with Crippen LogP contribution < -0.4 is 0 Å². The van der Waals surface area contributed by atoms with Gasteiger partial charge in [-0.3, -0.25) is 9.59 Å². The summed E-state index contributed by atoms with van der Waals surface area (Å²) < 4.78 is 0. The lowest BCUT2D eigenvalue weighted by Gasteiger charge is -2.04. The Hall–Kier alpha value is -0.310. The van der Waals surface area contributed by atoms with Gasteiger partial charge >= 0.3 is 0 Å². The molecule has 0 atom stereocenters. The molecular formula is C6HCl3O2. The third kappa shape index (κ3) is 1.48. The Labute approximate surface area is 77.4 Å². The van der Waals surface area contributed by atoms with Gasteiger partial charge in [-0.25, -0.2) is 0 Å². The first-order chi connectivity index (χ1) is 5.04. The Bertz CT molecular complexity index is 297. The summed E-state index contributed by atoms with van der Waals surface area (Å²) in [5, 5.41) is -0.480. The molecule has 0 aliphatic heterocycles. The maximum atomic E-state index is 10.8. The molecule has 2 nitrogen and oxygen atoms in total. The summed E-state index contributed by atoms with van der Waals surface area (Å²) in [4.78, 5) is 21.6. The minimum absolute atomic E-state index is 0.00117. The van der Waals surface area contributed by atoms with E-state index in [4.69, 9.17) is 34.8 Å². The van der Waals surface area contributed by atoms with Gasteiger partial charge in [0.2, 0.25) is 11.6 Å². The number of carbonyl (C=O) groups excluding carboxylic acids is 2. The van der Waals surface area contributed by atoms with Crippen LogP contribution in [-0.4, -0.2) is 11.6 Å². The zero-order valence-electron chi connectivity index (χ0n) is 5.03. The van der Waals surface area contributed by atoms with E-state index in [1.165, 1.54) is 0 Å². The minimum atomic E-state index is -0.857. The van der Waals surface area contributed by atoms with Crippen molar-refractivity contribution in [1.82, 2.24) is 0 Å². The lowest BCUT2D eigenvalue weighted by Crippen LogP contribution is -2.17. The predicted octanol–water partition coefficient (Wildman–Crippen LogP) is 1.95. The maximum Gasteiger partial charge on any atom is 0.247 e. The van der Waals surface area contributed by atoms with Crippen LogP contribution in [0.5, 0.6) is 0 Å². The van der Waals surface area contributed by atoms with Crippen molar-refractivity contribution < 1.29 is 9.59 Å². The van der Waals surface area contributed by atoms with Crippen molar-refractivity contribution in [2.75, 3.05) is 0 Å². The van der Waals surface area contributed by atoms with Gasteiger partial charge in [0.15, 0.2) is 0 Å². The minimum Gasteiger partial charge on any atom is -0.284 e. The molecule has 0 fully saturated rings. The quantitative estimate of drug-likeness (QED) is 0.453. The number of hydrogen-bond acceptors (Lipinski definition) is 2. The van der Waals surface area contributed by atoms with Crippen LogP contribution in [0, 0.1) is 0 Å². The topological polar surface area (TPSA) is 34.1 Å². The Morgan fingerprint density at radius 1 is 1.00 bits per heavy atom. The van der Waals surface area contributed by atoms with Gasteiger partial charge in [0.25, 0.3) is 0 Å². The highest BCUT2D eigenvalue weighted by Crippen LogP contribution is 2.25. The van der Waals surface area contributed by atoms with Gasteiger partial charge in [0.1, 0.15) is 5.03 Å². The lowest BCUT2D eigenvalue weighted by molar-refractivity contribution is -0.131. The van der Waals surface area contributed by atoms with E-state index in [1.807, 2.05) is 0 Å². The summed E-state index contributed by atoms with van der Waals surface area (Å²) in [5.74, 6) is -1.68. The van der Waals surface area contributed by atoms with Crippen LogP contribution in [0.2, 0.25) is 0 Å². The number of ketones is 2. The van der Waals surface area contributed by atoms with E-state index in [-0.39, 0.29) is 15.1 Å². The van der Waals surface area contributed by atoms with Crippen LogP contribution in [0.4, 0.5) is 0 Å². The Morgan fingerprint density at radius 3 is 2.09 bits per heavy atom. The highest BCUT2D eigenvalue weighted by Gasteiger charge is 2.26. The highest BCUT2D eigenvalue weighted by molar-refractivity contribution is 6.70. The van der Waals surface area contributed by atoms with Gasteiger partial charge in [0.05, 0.1) is 10.1 Å². The highest BCUT2D eigenvalue weighted by atomic mass is 35.5. The first-order valence-corrected chi connectivity index (χ1v) is 3.69. The summed E-state index contributed by atoms with van der Waals surface area (Å²) >= 11 is 16.1. The van der Waals surface area contributed by atoms with E-state index >= 15 is 0 Å². The standard InChI is InChI=1S/C6HCl3O2/c7-2-1-3(8)5(10)6(11)4(2)9/h1H. The average molecular weight is 211 g/mol. The van der Waals surface area contributed by atoms with Crippen LogP contribution in [0.1, 0.15) is 0 Å². The van der Waals surface area contributed by atoms with Crippen molar-refractivity contribution in [1.29, 1.82) is 0 Å². The number of allylic oxidation sites excluding steroid dienone is 4. The van der Waals surface area contributed by atoms with Crippen LogP contribution in [0.15, 0.2) is 21.2 Å². The second-order valence-electron chi connectivity index (χ2n) is 1.81. The molecule has 0 radical (unpaired) electrons. The zero-order chi connectivity index (χ0) is 8.59. The molecule has 0 N–H and O–H groups in total. The van der Waals surface area contributed by atoms with Crippen molar-refractivity contribution in [3.8, 4) is 0 Å². The van der Waals surface area contributed by atoms with Gasteiger partial charge in [-0.1, -0.05) is 34.8 Å². The number of hydrogen-bond donors (Lipinski definition) is 0. The van der Waals surface area contributed by atoms with Crippen molar-refractivity contribution in [2.45, 2.75) is 0 Å². The van der Waals surface area contributed by atoms with E-state index in [0.29, 0.717) is 0 Å². The van der Waals surface area contributed by atoms with Gasteiger partial charge in [-0.2, -0.15) is 0 Å². The fourth-order valence-corrected chi connectivity index (χ4v) is 1.14. The van der Waals surface area contributed by atoms with E-state index in [2.05, 4.69) is 0 Å². The monoisotopic (exact) mass is 210 g/mol. The summed E-state index contributed by atoms with van der Waals surface area (Å²) in [7, 11) is 0. The summed E-state index contributed by atoms with van der Waals surface area (Å²) in [6, 6.07) is 0. The molecule has 0 aromatic rings. The van der Waals surface area contributed by atoms with E-state index in [0.717, 1.165) is 6.08 Å². The van der Waals surface area contributed by atoms with Gasteiger partial charge in [0, 0.05) is 0 Å². The molecular weight excluding hydrogens is 210 g/mol. The first kappa shape index (κ1) is 8.78. The van der Waals surface area contributed by atoms with Crippen molar-refractivity contribution in [2.24, 2.45) is 0 Å². The normalized spacial score (nSPS) is 19.0. The summed E-state index contributed by atoms with van der Waals surface area (Å²) in [5.41, 5.74) is 0. The number of rotatable bonds is 0. The molecule has 0 bridgehead atoms. The zero-order valence-corrected chi connectivity index (χ0v) is 7.30. The van der Waals surface area contributed by atoms with Crippen molar-refractivity contribution in [3.05, 3.63) is 21.2 Å². The summed E-state index contributed by atoms with van der Waals surface area (Å²) in [6.45, 7) is 0. The molecule has 0 saturated heterocycles. The average Bonchev–Trinajstić information content (AvgIpc) is 1.97. The second-order valence-corrected chi connectivity index (χ2v) is 3.00. The Morgan fingerprint density at radius 2 is 1.55 bits per heavy atom. The van der Waals surface area contributed by atoms with Crippen LogP contribution in [-0.2, 0) is 9.59 Å². The van der Waals surface area contributed by atoms with Gasteiger partial charge < -0.3 is 0 Å². The van der Waals surface area contributed by atoms with Crippen LogP contribution in [0.25, 0.3) is 0 Å². The molecule has 1 aliphatic carbocycles. The molecule has 11 heavy (non-hydrogen) atoms. The molecule has 0 unspecified atom stereocenters. The maximum absolute atomic E-state index is 10.8. The molecule has 1 aliphatic rings. The third-order valence-corrected chi connectivity index (χ3v) is 2.14. The van der Waals surface area contributed by atoms with E-state index < -0.39 is 11.6 Å². The SMILES string of the molecule is O=C1C(=O)C(Cl)=C(Cl)C=C1Cl. The fourth-order valence-electron chi connectivity index (χ4n) is 0.557. The lowest BCUT2D eigenvalue weighted by atomic mass is 10.1. The first-order valence-electron chi connectivity index (χ1n) is 2.55. The van der Waals surface area contributed by atoms with Gasteiger partial charge in [-0.05, 0) is 6.08 Å². The molecule has 0 spiro atoms. The molecule has 58 valence electrons.